The van der Waals surface area contributed by atoms with Gasteiger partial charge in [-0.1, -0.05) is 20.8 Å². The summed E-state index contributed by atoms with van der Waals surface area (Å²) in [6.07, 6.45) is 0.710. The zero-order valence-electron chi connectivity index (χ0n) is 20.0. The summed E-state index contributed by atoms with van der Waals surface area (Å²) in [5.74, 6) is 1.19. The number of aliphatic hydroxyl groups is 1. The second-order valence-electron chi connectivity index (χ2n) is 8.61. The minimum absolute atomic E-state index is 0.00707. The molecule has 2 aromatic heterocycles. The Morgan fingerprint density at radius 1 is 1.09 bits per heavy atom. The Hall–Kier alpha value is -3.27. The fourth-order valence-electron chi connectivity index (χ4n) is 3.56. The Bertz CT molecular complexity index is 1110. The number of anilines is 2. The molecule has 2 heterocycles. The lowest BCUT2D eigenvalue weighted by Gasteiger charge is -2.17. The van der Waals surface area contributed by atoms with Crippen LogP contribution in [0.1, 0.15) is 64.3 Å². The highest BCUT2D eigenvalue weighted by atomic mass is 16.5. The first kappa shape index (κ1) is 24.4. The molecule has 1 aromatic carbocycles. The fourth-order valence-corrected chi connectivity index (χ4v) is 3.56. The summed E-state index contributed by atoms with van der Waals surface area (Å²) in [6.45, 7) is 10.3. The van der Waals surface area contributed by atoms with Gasteiger partial charge in [-0.2, -0.15) is 10.1 Å². The van der Waals surface area contributed by atoms with Crippen molar-refractivity contribution < 1.29 is 20.1 Å². The van der Waals surface area contributed by atoms with Gasteiger partial charge < -0.3 is 30.7 Å². The molecule has 1 atom stereocenters. The molecule has 0 aliphatic rings. The number of aliphatic hydroxyl groups excluding tert-OH is 1. The van der Waals surface area contributed by atoms with Crippen LogP contribution >= 0.6 is 0 Å². The number of nitrogens with one attached hydrogen (secondary N) is 2. The number of aromatic hydroxyl groups is 2. The van der Waals surface area contributed by atoms with Crippen molar-refractivity contribution in [2.75, 3.05) is 24.4 Å². The van der Waals surface area contributed by atoms with Crippen LogP contribution in [0, 0.1) is 0 Å². The van der Waals surface area contributed by atoms with Crippen molar-refractivity contribution in [1.82, 2.24) is 19.7 Å². The van der Waals surface area contributed by atoms with E-state index in [1.807, 2.05) is 25.5 Å². The number of aromatic nitrogens is 4. The molecule has 0 saturated heterocycles. The average Bonchev–Trinajstić information content (AvgIpc) is 3.17. The molecule has 0 spiro atoms. The smallest absolute Gasteiger partial charge is 0.225 e. The molecule has 0 bridgehead atoms. The van der Waals surface area contributed by atoms with Gasteiger partial charge in [0.25, 0.3) is 0 Å². The number of nitrogens with zero attached hydrogens (tertiary/aromatic N) is 4. The van der Waals surface area contributed by atoms with Crippen LogP contribution in [-0.4, -0.2) is 54.8 Å². The molecule has 1 unspecified atom stereocenters. The highest BCUT2D eigenvalue weighted by Crippen LogP contribution is 2.35. The van der Waals surface area contributed by atoms with Gasteiger partial charge in [0, 0.05) is 24.2 Å². The van der Waals surface area contributed by atoms with E-state index in [9.17, 15) is 15.3 Å². The number of fused-ring (bicyclic) bond motifs is 1. The van der Waals surface area contributed by atoms with Crippen molar-refractivity contribution >= 4 is 22.8 Å². The normalized spacial score (nSPS) is 12.5. The highest BCUT2D eigenvalue weighted by molar-refractivity contribution is 5.89. The van der Waals surface area contributed by atoms with Crippen molar-refractivity contribution in [2.45, 2.75) is 65.6 Å². The third-order valence-corrected chi connectivity index (χ3v) is 5.48. The largest absolute Gasteiger partial charge is 0.507 e. The van der Waals surface area contributed by atoms with E-state index in [-0.39, 0.29) is 48.4 Å². The first-order valence-corrected chi connectivity index (χ1v) is 11.2. The summed E-state index contributed by atoms with van der Waals surface area (Å²) in [5.41, 5.74) is 2.83. The molecule has 10 nitrogen and oxygen atoms in total. The van der Waals surface area contributed by atoms with Crippen LogP contribution in [0.5, 0.6) is 17.2 Å². The van der Waals surface area contributed by atoms with Crippen LogP contribution in [0.4, 0.5) is 11.8 Å². The van der Waals surface area contributed by atoms with Gasteiger partial charge in [-0.3, -0.25) is 4.68 Å². The third kappa shape index (κ3) is 5.05. The Morgan fingerprint density at radius 3 is 2.39 bits per heavy atom. The molecule has 0 aliphatic carbocycles. The SMILES string of the molecule is CCC(CO)Nc1nc(NCc2cc(O)c(OC)cc2O)c2c(n1)c(C(C)C)nn2C(C)C. The zero-order valence-corrected chi connectivity index (χ0v) is 20.0. The van der Waals surface area contributed by atoms with E-state index in [1.54, 1.807) is 0 Å². The van der Waals surface area contributed by atoms with Gasteiger partial charge in [-0.05, 0) is 32.3 Å². The van der Waals surface area contributed by atoms with Gasteiger partial charge >= 0.3 is 0 Å². The lowest BCUT2D eigenvalue weighted by atomic mass is 10.1. The van der Waals surface area contributed by atoms with Gasteiger partial charge in [0.1, 0.15) is 16.8 Å². The van der Waals surface area contributed by atoms with Crippen molar-refractivity contribution in [2.24, 2.45) is 0 Å². The number of methoxy groups -OCH3 is 1. The third-order valence-electron chi connectivity index (χ3n) is 5.48. The summed E-state index contributed by atoms with van der Waals surface area (Å²) in [4.78, 5) is 9.42. The minimum Gasteiger partial charge on any atom is -0.507 e. The lowest BCUT2D eigenvalue weighted by Crippen LogP contribution is -2.24. The van der Waals surface area contributed by atoms with Crippen molar-refractivity contribution in [3.05, 3.63) is 23.4 Å². The van der Waals surface area contributed by atoms with E-state index >= 15 is 0 Å². The number of phenolic OH excluding ortho intramolecular Hbond substituents is 2. The molecule has 3 aromatic rings. The number of phenols is 2. The summed E-state index contributed by atoms with van der Waals surface area (Å²) in [7, 11) is 1.42. The van der Waals surface area contributed by atoms with Crippen LogP contribution in [0.3, 0.4) is 0 Å². The number of benzene rings is 1. The van der Waals surface area contributed by atoms with Crippen molar-refractivity contribution in [1.29, 1.82) is 0 Å². The van der Waals surface area contributed by atoms with Crippen LogP contribution < -0.4 is 15.4 Å². The van der Waals surface area contributed by atoms with E-state index in [0.717, 1.165) is 16.7 Å². The first-order valence-electron chi connectivity index (χ1n) is 11.2. The van der Waals surface area contributed by atoms with E-state index in [1.165, 1.54) is 19.2 Å². The minimum atomic E-state index is -0.180. The predicted molar refractivity (Wildman–Crippen MR) is 128 cm³/mol. The lowest BCUT2D eigenvalue weighted by molar-refractivity contribution is 0.271. The molecular weight excluding hydrogens is 424 g/mol. The Kier molecular flexibility index (Phi) is 7.47. The average molecular weight is 459 g/mol. The summed E-state index contributed by atoms with van der Waals surface area (Å²) >= 11 is 0. The molecule has 0 fully saturated rings. The van der Waals surface area contributed by atoms with Crippen LogP contribution in [0.2, 0.25) is 0 Å². The summed E-state index contributed by atoms with van der Waals surface area (Å²) in [6, 6.07) is 2.72. The number of hydrogen-bond donors (Lipinski definition) is 5. The van der Waals surface area contributed by atoms with Crippen LogP contribution in [0.15, 0.2) is 12.1 Å². The standard InChI is InChI=1S/C23H34N6O4/c1-7-15(11-30)25-23-26-20-19(12(2)3)28-29(13(4)5)21(20)22(27-23)24-10-14-8-17(32)18(33-6)9-16(14)31/h8-9,12-13,15,30-32H,7,10-11H2,1-6H3,(H2,24,25,26,27). The van der Waals surface area contributed by atoms with Gasteiger partial charge in [0.05, 0.1) is 25.5 Å². The predicted octanol–water partition coefficient (Wildman–Crippen LogP) is 3.75. The van der Waals surface area contributed by atoms with Gasteiger partial charge in [-0.15, -0.1) is 0 Å². The first-order chi connectivity index (χ1) is 15.7. The van der Waals surface area contributed by atoms with E-state index in [0.29, 0.717) is 23.8 Å². The number of ether oxygens (including phenoxy) is 1. The summed E-state index contributed by atoms with van der Waals surface area (Å²) in [5, 5.41) is 41.4. The Morgan fingerprint density at radius 2 is 1.82 bits per heavy atom. The molecule has 33 heavy (non-hydrogen) atoms. The maximum Gasteiger partial charge on any atom is 0.225 e. The van der Waals surface area contributed by atoms with E-state index in [4.69, 9.17) is 14.8 Å². The van der Waals surface area contributed by atoms with Gasteiger partial charge in [0.2, 0.25) is 5.95 Å². The van der Waals surface area contributed by atoms with E-state index in [2.05, 4.69) is 29.5 Å². The number of rotatable bonds is 10. The van der Waals surface area contributed by atoms with Gasteiger partial charge in [-0.25, -0.2) is 4.98 Å². The van der Waals surface area contributed by atoms with Crippen molar-refractivity contribution in [3.63, 3.8) is 0 Å². The Balaban J connectivity index is 2.10. The molecule has 0 aliphatic heterocycles. The molecule has 180 valence electrons. The molecule has 0 saturated carbocycles. The second-order valence-corrected chi connectivity index (χ2v) is 8.61. The second kappa shape index (κ2) is 10.1. The van der Waals surface area contributed by atoms with Gasteiger partial charge in [0.15, 0.2) is 17.3 Å². The molecule has 0 amide bonds. The molecule has 0 radical (unpaired) electrons. The van der Waals surface area contributed by atoms with Crippen LogP contribution in [0.25, 0.3) is 11.0 Å². The molecule has 5 N–H and O–H groups in total. The maximum absolute atomic E-state index is 10.4. The van der Waals surface area contributed by atoms with Crippen LogP contribution in [-0.2, 0) is 6.54 Å². The van der Waals surface area contributed by atoms with Crippen molar-refractivity contribution in [3.8, 4) is 17.2 Å². The Labute approximate surface area is 193 Å². The molecule has 10 heteroatoms. The fraction of sp³-hybridized carbons (Fsp3) is 0.522. The zero-order chi connectivity index (χ0) is 24.3. The topological polar surface area (TPSA) is 138 Å². The monoisotopic (exact) mass is 458 g/mol. The number of hydrogen-bond acceptors (Lipinski definition) is 9. The summed E-state index contributed by atoms with van der Waals surface area (Å²) < 4.78 is 6.95. The molecular formula is C23H34N6O4. The quantitative estimate of drug-likeness (QED) is 0.288. The maximum atomic E-state index is 10.4. The molecule has 3 rings (SSSR count). The highest BCUT2D eigenvalue weighted by Gasteiger charge is 2.23. The van der Waals surface area contributed by atoms with E-state index < -0.39 is 0 Å².